The molecule has 1 aliphatic heterocycles. The number of hydrogen-bond acceptors (Lipinski definition) is 4. The van der Waals surface area contributed by atoms with Gasteiger partial charge in [0.2, 0.25) is 0 Å². The molecule has 2 aromatic heterocycles. The van der Waals surface area contributed by atoms with Gasteiger partial charge >= 0.3 is 0 Å². The molecule has 1 atom stereocenters. The van der Waals surface area contributed by atoms with E-state index in [1.165, 1.54) is 0 Å². The molecular weight excluding hydrogens is 328 g/mol. The van der Waals surface area contributed by atoms with Gasteiger partial charge in [-0.25, -0.2) is 9.97 Å². The number of carbonyl (C=O) groups is 1. The number of H-pyrrole nitrogens is 1. The zero-order valence-electron chi connectivity index (χ0n) is 14.8. The van der Waals surface area contributed by atoms with Gasteiger partial charge in [0.05, 0.1) is 17.9 Å². The molecule has 0 saturated carbocycles. The summed E-state index contributed by atoms with van der Waals surface area (Å²) in [6.07, 6.45) is 5.37. The maximum Gasteiger partial charge on any atom is 0.256 e. The van der Waals surface area contributed by atoms with Gasteiger partial charge in [-0.15, -0.1) is 0 Å². The van der Waals surface area contributed by atoms with Crippen molar-refractivity contribution in [2.24, 2.45) is 0 Å². The predicted molar refractivity (Wildman–Crippen MR) is 98.9 cm³/mol. The summed E-state index contributed by atoms with van der Waals surface area (Å²) >= 11 is 0. The summed E-state index contributed by atoms with van der Waals surface area (Å²) in [5, 5.41) is 10.6. The van der Waals surface area contributed by atoms with Crippen molar-refractivity contribution in [2.75, 3.05) is 13.1 Å². The van der Waals surface area contributed by atoms with Crippen LogP contribution in [0.4, 0.5) is 0 Å². The first-order chi connectivity index (χ1) is 12.7. The van der Waals surface area contributed by atoms with Crippen LogP contribution in [0.3, 0.4) is 0 Å². The summed E-state index contributed by atoms with van der Waals surface area (Å²) in [4.78, 5) is 26.9. The van der Waals surface area contributed by atoms with Crippen LogP contribution < -0.4 is 0 Å². The Morgan fingerprint density at radius 1 is 1.38 bits per heavy atom. The van der Waals surface area contributed by atoms with Gasteiger partial charge in [-0.05, 0) is 25.8 Å². The first kappa shape index (κ1) is 16.7. The molecule has 0 aliphatic carbocycles. The van der Waals surface area contributed by atoms with E-state index in [1.54, 1.807) is 12.4 Å². The number of para-hydroxylation sites is 1. The Hall–Kier alpha value is -2.73. The van der Waals surface area contributed by atoms with Gasteiger partial charge in [0.15, 0.2) is 0 Å². The van der Waals surface area contributed by atoms with Crippen molar-refractivity contribution in [3.63, 3.8) is 0 Å². The van der Waals surface area contributed by atoms with Crippen LogP contribution >= 0.6 is 0 Å². The van der Waals surface area contributed by atoms with Gasteiger partial charge in [0, 0.05) is 47.9 Å². The quantitative estimate of drug-likeness (QED) is 0.761. The van der Waals surface area contributed by atoms with E-state index >= 15 is 0 Å². The molecule has 1 aromatic carbocycles. The fourth-order valence-electron chi connectivity index (χ4n) is 3.79. The van der Waals surface area contributed by atoms with Crippen LogP contribution in [0.5, 0.6) is 0 Å². The topological polar surface area (TPSA) is 82.1 Å². The summed E-state index contributed by atoms with van der Waals surface area (Å²) in [6.45, 7) is 3.13. The number of aromatic amines is 1. The number of carbonyl (C=O) groups excluding carboxylic acids is 1. The summed E-state index contributed by atoms with van der Waals surface area (Å²) in [5.41, 5.74) is 3.30. The Kier molecular flexibility index (Phi) is 4.42. The van der Waals surface area contributed by atoms with E-state index < -0.39 is 0 Å². The summed E-state index contributed by atoms with van der Waals surface area (Å²) in [5.74, 6) is 0.863. The van der Waals surface area contributed by atoms with Gasteiger partial charge in [-0.3, -0.25) is 4.79 Å². The number of hydrogen-bond donors (Lipinski definition) is 2. The zero-order chi connectivity index (χ0) is 18.1. The number of aromatic nitrogens is 3. The lowest BCUT2D eigenvalue weighted by molar-refractivity contribution is 0.0707. The SMILES string of the molecule is Cc1ncc(CO)c(C2CCCN(C(=O)c3c[nH]c4ccccc34)C2)n1. The van der Waals surface area contributed by atoms with E-state index in [-0.39, 0.29) is 18.4 Å². The lowest BCUT2D eigenvalue weighted by Crippen LogP contribution is -2.39. The monoisotopic (exact) mass is 350 g/mol. The van der Waals surface area contributed by atoms with E-state index in [2.05, 4.69) is 15.0 Å². The molecule has 3 aromatic rings. The number of likely N-dealkylation sites (tertiary alicyclic amines) is 1. The second-order valence-corrected chi connectivity index (χ2v) is 6.82. The number of amides is 1. The van der Waals surface area contributed by atoms with Crippen molar-refractivity contribution in [3.8, 4) is 0 Å². The van der Waals surface area contributed by atoms with Gasteiger partial charge in [0.25, 0.3) is 5.91 Å². The number of benzene rings is 1. The highest BCUT2D eigenvalue weighted by atomic mass is 16.3. The van der Waals surface area contributed by atoms with Crippen molar-refractivity contribution >= 4 is 16.8 Å². The second-order valence-electron chi connectivity index (χ2n) is 6.82. The van der Waals surface area contributed by atoms with Crippen LogP contribution in [0.2, 0.25) is 0 Å². The van der Waals surface area contributed by atoms with E-state index in [1.807, 2.05) is 36.1 Å². The van der Waals surface area contributed by atoms with Crippen LogP contribution in [-0.4, -0.2) is 44.0 Å². The molecule has 26 heavy (non-hydrogen) atoms. The minimum absolute atomic E-state index is 0.0449. The van der Waals surface area contributed by atoms with E-state index in [9.17, 15) is 9.90 Å². The van der Waals surface area contributed by atoms with Crippen LogP contribution in [0.15, 0.2) is 36.7 Å². The first-order valence-electron chi connectivity index (χ1n) is 8.96. The van der Waals surface area contributed by atoms with Crippen molar-refractivity contribution in [1.82, 2.24) is 19.9 Å². The molecule has 0 radical (unpaired) electrons. The number of fused-ring (bicyclic) bond motifs is 1. The maximum atomic E-state index is 13.1. The number of nitrogens with zero attached hydrogens (tertiary/aromatic N) is 3. The Labute approximate surface area is 151 Å². The molecule has 6 heteroatoms. The molecule has 4 rings (SSSR count). The molecular formula is C20H22N4O2. The van der Waals surface area contributed by atoms with E-state index in [0.717, 1.165) is 41.5 Å². The van der Waals surface area contributed by atoms with E-state index in [0.29, 0.717) is 17.9 Å². The number of piperidine rings is 1. The number of rotatable bonds is 3. The van der Waals surface area contributed by atoms with Crippen LogP contribution in [0, 0.1) is 6.92 Å². The van der Waals surface area contributed by atoms with E-state index in [4.69, 9.17) is 0 Å². The van der Waals surface area contributed by atoms with Crippen LogP contribution in [0.1, 0.15) is 46.2 Å². The Morgan fingerprint density at radius 3 is 3.08 bits per heavy atom. The number of aliphatic hydroxyl groups excluding tert-OH is 1. The van der Waals surface area contributed by atoms with Crippen molar-refractivity contribution in [1.29, 1.82) is 0 Å². The van der Waals surface area contributed by atoms with Gasteiger partial charge < -0.3 is 15.0 Å². The number of aryl methyl sites for hydroxylation is 1. The normalized spacial score (nSPS) is 17.6. The lowest BCUT2D eigenvalue weighted by Gasteiger charge is -2.33. The second kappa shape index (κ2) is 6.88. The Bertz CT molecular complexity index is 950. The molecule has 2 N–H and O–H groups in total. The summed E-state index contributed by atoms with van der Waals surface area (Å²) < 4.78 is 0. The molecule has 1 saturated heterocycles. The Morgan fingerprint density at radius 2 is 2.23 bits per heavy atom. The number of aliphatic hydroxyl groups is 1. The minimum Gasteiger partial charge on any atom is -0.392 e. The van der Waals surface area contributed by atoms with Crippen molar-refractivity contribution in [3.05, 3.63) is 59.3 Å². The fraction of sp³-hybridized carbons (Fsp3) is 0.350. The largest absolute Gasteiger partial charge is 0.392 e. The smallest absolute Gasteiger partial charge is 0.256 e. The average molecular weight is 350 g/mol. The molecule has 1 aliphatic rings. The van der Waals surface area contributed by atoms with Crippen LogP contribution in [0.25, 0.3) is 10.9 Å². The molecule has 134 valence electrons. The Balaban J connectivity index is 1.61. The minimum atomic E-state index is -0.0808. The molecule has 3 heterocycles. The third-order valence-electron chi connectivity index (χ3n) is 5.10. The van der Waals surface area contributed by atoms with Crippen molar-refractivity contribution in [2.45, 2.75) is 32.3 Å². The van der Waals surface area contributed by atoms with Gasteiger partial charge in [0.1, 0.15) is 5.82 Å². The number of nitrogens with one attached hydrogen (secondary N) is 1. The average Bonchev–Trinajstić information content (AvgIpc) is 3.11. The maximum absolute atomic E-state index is 13.1. The van der Waals surface area contributed by atoms with Gasteiger partial charge in [-0.1, -0.05) is 18.2 Å². The standard InChI is InChI=1S/C20H22N4O2/c1-13-21-9-15(12-25)19(23-13)14-5-4-8-24(11-14)20(26)17-10-22-18-7-3-2-6-16(17)18/h2-3,6-7,9-10,14,22,25H,4-5,8,11-12H2,1H3. The first-order valence-corrected chi connectivity index (χ1v) is 8.96. The molecule has 1 amide bonds. The van der Waals surface area contributed by atoms with Gasteiger partial charge in [-0.2, -0.15) is 0 Å². The third kappa shape index (κ3) is 2.97. The molecule has 1 fully saturated rings. The third-order valence-corrected chi connectivity index (χ3v) is 5.10. The molecule has 6 nitrogen and oxygen atoms in total. The molecule has 0 bridgehead atoms. The highest BCUT2D eigenvalue weighted by molar-refractivity contribution is 6.06. The van der Waals surface area contributed by atoms with Crippen LogP contribution in [-0.2, 0) is 6.61 Å². The molecule has 0 spiro atoms. The van der Waals surface area contributed by atoms with Crippen molar-refractivity contribution < 1.29 is 9.90 Å². The fourth-order valence-corrected chi connectivity index (χ4v) is 3.79. The predicted octanol–water partition coefficient (Wildman–Crippen LogP) is 2.78. The lowest BCUT2D eigenvalue weighted by atomic mass is 9.91. The summed E-state index contributed by atoms with van der Waals surface area (Å²) in [7, 11) is 0. The highest BCUT2D eigenvalue weighted by Gasteiger charge is 2.29. The zero-order valence-corrected chi connectivity index (χ0v) is 14.8. The highest BCUT2D eigenvalue weighted by Crippen LogP contribution is 2.29. The summed E-state index contributed by atoms with van der Waals surface area (Å²) in [6, 6.07) is 7.85. The molecule has 1 unspecified atom stereocenters.